The fourth-order valence-corrected chi connectivity index (χ4v) is 3.42. The third kappa shape index (κ3) is 2.81. The van der Waals surface area contributed by atoms with E-state index in [0.717, 1.165) is 34.6 Å². The second-order valence-electron chi connectivity index (χ2n) is 4.97. The van der Waals surface area contributed by atoms with Crippen LogP contribution < -0.4 is 5.32 Å². The molecular weight excluding hydrogens is 260 g/mol. The Balaban J connectivity index is 2.22. The molecule has 0 aliphatic carbocycles. The molecular formula is C14H20N2O2S. The minimum atomic E-state index is -0.311. The van der Waals surface area contributed by atoms with Crippen LogP contribution in [0.2, 0.25) is 0 Å². The first-order valence-electron chi connectivity index (χ1n) is 6.64. The monoisotopic (exact) mass is 280 g/mol. The standard InChI is InChI=1S/C14H20N2O2S/c1-9-8-12(19-10(9)2)14(18)16-7-5-4-6-11(16)13(17)15-3/h8,11H,4-7H2,1-3H3,(H,15,17). The van der Waals surface area contributed by atoms with E-state index in [1.54, 1.807) is 11.9 Å². The highest BCUT2D eigenvalue weighted by atomic mass is 32.1. The summed E-state index contributed by atoms with van der Waals surface area (Å²) in [5.41, 5.74) is 1.14. The number of amides is 2. The molecule has 104 valence electrons. The molecule has 2 heterocycles. The lowest BCUT2D eigenvalue weighted by atomic mass is 10.0. The maximum absolute atomic E-state index is 12.6. The number of hydrogen-bond donors (Lipinski definition) is 1. The summed E-state index contributed by atoms with van der Waals surface area (Å²) in [6.07, 6.45) is 2.74. The molecule has 0 radical (unpaired) electrons. The second-order valence-corrected chi connectivity index (χ2v) is 6.23. The number of rotatable bonds is 2. The summed E-state index contributed by atoms with van der Waals surface area (Å²) in [6.45, 7) is 4.70. The third-order valence-electron chi connectivity index (χ3n) is 3.69. The van der Waals surface area contributed by atoms with Crippen molar-refractivity contribution >= 4 is 23.2 Å². The molecule has 5 heteroatoms. The number of piperidine rings is 1. The lowest BCUT2D eigenvalue weighted by Crippen LogP contribution is -2.51. The van der Waals surface area contributed by atoms with E-state index in [1.165, 1.54) is 11.3 Å². The van der Waals surface area contributed by atoms with E-state index < -0.39 is 0 Å². The maximum Gasteiger partial charge on any atom is 0.264 e. The Bertz CT molecular complexity index is 476. The van der Waals surface area contributed by atoms with Crippen molar-refractivity contribution in [3.8, 4) is 0 Å². The first-order chi connectivity index (χ1) is 9.04. The second kappa shape index (κ2) is 5.74. The Morgan fingerprint density at radius 2 is 2.11 bits per heavy atom. The van der Waals surface area contributed by atoms with E-state index in [1.807, 2.05) is 19.9 Å². The first kappa shape index (κ1) is 14.1. The number of nitrogens with zero attached hydrogens (tertiary/aromatic N) is 1. The molecule has 1 N–H and O–H groups in total. The summed E-state index contributed by atoms with van der Waals surface area (Å²) in [5.74, 6) is -0.0625. The van der Waals surface area contributed by atoms with Crippen molar-refractivity contribution in [1.29, 1.82) is 0 Å². The Morgan fingerprint density at radius 3 is 2.68 bits per heavy atom. The van der Waals surface area contributed by atoms with Crippen LogP contribution in [0.25, 0.3) is 0 Å². The summed E-state index contributed by atoms with van der Waals surface area (Å²) in [6, 6.07) is 1.62. The molecule has 1 aromatic rings. The van der Waals surface area contributed by atoms with Crippen LogP contribution in [0.4, 0.5) is 0 Å². The molecule has 1 aliphatic rings. The number of nitrogens with one attached hydrogen (secondary N) is 1. The minimum absolute atomic E-state index is 0.00509. The molecule has 0 saturated carbocycles. The first-order valence-corrected chi connectivity index (χ1v) is 7.46. The number of aryl methyl sites for hydroxylation is 2. The summed E-state index contributed by atoms with van der Waals surface area (Å²) in [5, 5.41) is 2.66. The molecule has 1 aromatic heterocycles. The molecule has 1 fully saturated rings. The van der Waals surface area contributed by atoms with Gasteiger partial charge in [-0.2, -0.15) is 0 Å². The topological polar surface area (TPSA) is 49.4 Å². The average molecular weight is 280 g/mol. The van der Waals surface area contributed by atoms with Crippen LogP contribution in [0.5, 0.6) is 0 Å². The number of likely N-dealkylation sites (N-methyl/N-ethyl adjacent to an activating group) is 1. The molecule has 2 rings (SSSR count). The zero-order chi connectivity index (χ0) is 14.0. The van der Waals surface area contributed by atoms with Gasteiger partial charge in [-0.25, -0.2) is 0 Å². The molecule has 1 atom stereocenters. The maximum atomic E-state index is 12.6. The molecule has 1 unspecified atom stereocenters. The lowest BCUT2D eigenvalue weighted by molar-refractivity contribution is -0.126. The highest BCUT2D eigenvalue weighted by molar-refractivity contribution is 7.14. The van der Waals surface area contributed by atoms with Crippen LogP contribution in [-0.2, 0) is 4.79 Å². The summed E-state index contributed by atoms with van der Waals surface area (Å²) < 4.78 is 0. The highest BCUT2D eigenvalue weighted by Gasteiger charge is 2.32. The van der Waals surface area contributed by atoms with Crippen molar-refractivity contribution < 1.29 is 9.59 Å². The lowest BCUT2D eigenvalue weighted by Gasteiger charge is -2.34. The number of carbonyl (C=O) groups is 2. The van der Waals surface area contributed by atoms with E-state index in [2.05, 4.69) is 5.32 Å². The quantitative estimate of drug-likeness (QED) is 0.902. The number of likely N-dealkylation sites (tertiary alicyclic amines) is 1. The van der Waals surface area contributed by atoms with Gasteiger partial charge in [0.15, 0.2) is 0 Å². The van der Waals surface area contributed by atoms with Crippen LogP contribution in [0.3, 0.4) is 0 Å². The van der Waals surface area contributed by atoms with Gasteiger partial charge in [0.2, 0.25) is 5.91 Å². The normalized spacial score (nSPS) is 19.3. The molecule has 19 heavy (non-hydrogen) atoms. The van der Waals surface area contributed by atoms with Gasteiger partial charge < -0.3 is 10.2 Å². The molecule has 2 amide bonds. The molecule has 1 saturated heterocycles. The van der Waals surface area contributed by atoms with Crippen molar-refractivity contribution in [1.82, 2.24) is 10.2 Å². The Morgan fingerprint density at radius 1 is 1.37 bits per heavy atom. The van der Waals surface area contributed by atoms with Gasteiger partial charge in [0, 0.05) is 18.5 Å². The summed E-state index contributed by atoms with van der Waals surface area (Å²) in [4.78, 5) is 28.1. The van der Waals surface area contributed by atoms with Crippen LogP contribution in [-0.4, -0.2) is 36.3 Å². The van der Waals surface area contributed by atoms with Crippen molar-refractivity contribution in [3.63, 3.8) is 0 Å². The number of carbonyl (C=O) groups excluding carboxylic acids is 2. The van der Waals surface area contributed by atoms with Crippen molar-refractivity contribution in [2.45, 2.75) is 39.2 Å². The Hall–Kier alpha value is -1.36. The van der Waals surface area contributed by atoms with Gasteiger partial charge in [-0.3, -0.25) is 9.59 Å². The largest absolute Gasteiger partial charge is 0.357 e. The van der Waals surface area contributed by atoms with Crippen LogP contribution in [0.15, 0.2) is 6.07 Å². The van der Waals surface area contributed by atoms with Gasteiger partial charge in [-0.1, -0.05) is 0 Å². The molecule has 0 bridgehead atoms. The van der Waals surface area contributed by atoms with E-state index in [9.17, 15) is 9.59 Å². The van der Waals surface area contributed by atoms with Gasteiger partial charge in [0.25, 0.3) is 5.91 Å². The van der Waals surface area contributed by atoms with Crippen molar-refractivity contribution in [2.75, 3.05) is 13.6 Å². The molecule has 4 nitrogen and oxygen atoms in total. The van der Waals surface area contributed by atoms with Gasteiger partial charge in [0.05, 0.1) is 4.88 Å². The molecule has 1 aliphatic heterocycles. The minimum Gasteiger partial charge on any atom is -0.357 e. The van der Waals surface area contributed by atoms with Crippen molar-refractivity contribution in [3.05, 3.63) is 21.4 Å². The smallest absolute Gasteiger partial charge is 0.264 e. The third-order valence-corrected chi connectivity index (χ3v) is 4.83. The fraction of sp³-hybridized carbons (Fsp3) is 0.571. The zero-order valence-electron chi connectivity index (χ0n) is 11.7. The van der Waals surface area contributed by atoms with Crippen LogP contribution >= 0.6 is 11.3 Å². The van der Waals surface area contributed by atoms with E-state index in [0.29, 0.717) is 6.54 Å². The SMILES string of the molecule is CNC(=O)C1CCCCN1C(=O)c1cc(C)c(C)s1. The van der Waals surface area contributed by atoms with Crippen LogP contribution in [0, 0.1) is 13.8 Å². The average Bonchev–Trinajstić information content (AvgIpc) is 2.77. The summed E-state index contributed by atoms with van der Waals surface area (Å²) >= 11 is 1.51. The zero-order valence-corrected chi connectivity index (χ0v) is 12.5. The number of hydrogen-bond acceptors (Lipinski definition) is 3. The van der Waals surface area contributed by atoms with Crippen LogP contribution in [0.1, 0.15) is 39.4 Å². The van der Waals surface area contributed by atoms with E-state index in [-0.39, 0.29) is 17.9 Å². The fourth-order valence-electron chi connectivity index (χ4n) is 2.43. The Labute approximate surface area is 117 Å². The van der Waals surface area contributed by atoms with E-state index >= 15 is 0 Å². The Kier molecular flexibility index (Phi) is 4.24. The summed E-state index contributed by atoms with van der Waals surface area (Å²) in [7, 11) is 1.62. The molecule has 0 spiro atoms. The number of thiophene rings is 1. The van der Waals surface area contributed by atoms with E-state index in [4.69, 9.17) is 0 Å². The predicted octanol–water partition coefficient (Wildman–Crippen LogP) is 2.11. The highest BCUT2D eigenvalue weighted by Crippen LogP contribution is 2.25. The van der Waals surface area contributed by atoms with Gasteiger partial charge in [0.1, 0.15) is 6.04 Å². The van der Waals surface area contributed by atoms with Gasteiger partial charge in [-0.15, -0.1) is 11.3 Å². The van der Waals surface area contributed by atoms with Crippen molar-refractivity contribution in [2.24, 2.45) is 0 Å². The molecule has 0 aromatic carbocycles. The van der Waals surface area contributed by atoms with Gasteiger partial charge in [-0.05, 0) is 44.7 Å². The predicted molar refractivity (Wildman–Crippen MR) is 76.5 cm³/mol. The van der Waals surface area contributed by atoms with Gasteiger partial charge >= 0.3 is 0 Å².